The van der Waals surface area contributed by atoms with Crippen molar-refractivity contribution < 1.29 is 9.47 Å². The molecule has 1 aromatic heterocycles. The zero-order valence-electron chi connectivity index (χ0n) is 15.3. The molecular formula is C18H26N4O2S. The van der Waals surface area contributed by atoms with Gasteiger partial charge in [-0.15, -0.1) is 11.3 Å². The van der Waals surface area contributed by atoms with Gasteiger partial charge in [0.15, 0.2) is 17.5 Å². The Morgan fingerprint density at radius 1 is 1.20 bits per heavy atom. The summed E-state index contributed by atoms with van der Waals surface area (Å²) < 4.78 is 10.6. The number of aliphatic imine (C=N–C) groups is 1. The number of guanidine groups is 1. The van der Waals surface area contributed by atoms with Crippen LogP contribution in [0.25, 0.3) is 0 Å². The second kappa shape index (κ2) is 9.88. The molecule has 0 atom stereocenters. The van der Waals surface area contributed by atoms with Crippen LogP contribution >= 0.6 is 11.3 Å². The summed E-state index contributed by atoms with van der Waals surface area (Å²) in [6, 6.07) is 5.84. The van der Waals surface area contributed by atoms with Gasteiger partial charge in [-0.1, -0.05) is 6.07 Å². The van der Waals surface area contributed by atoms with Crippen molar-refractivity contribution in [3.05, 3.63) is 39.8 Å². The number of thiazole rings is 1. The van der Waals surface area contributed by atoms with Crippen molar-refractivity contribution >= 4 is 17.3 Å². The molecule has 0 aliphatic heterocycles. The molecule has 0 fully saturated rings. The van der Waals surface area contributed by atoms with Gasteiger partial charge in [0.25, 0.3) is 0 Å². The van der Waals surface area contributed by atoms with Crippen molar-refractivity contribution in [2.75, 3.05) is 27.3 Å². The highest BCUT2D eigenvalue weighted by Gasteiger charge is 2.05. The smallest absolute Gasteiger partial charge is 0.191 e. The summed E-state index contributed by atoms with van der Waals surface area (Å²) in [7, 11) is 3.27. The fourth-order valence-electron chi connectivity index (χ4n) is 2.30. The van der Waals surface area contributed by atoms with E-state index in [1.165, 1.54) is 4.88 Å². The van der Waals surface area contributed by atoms with Crippen molar-refractivity contribution in [2.45, 2.75) is 26.8 Å². The summed E-state index contributed by atoms with van der Waals surface area (Å²) in [4.78, 5) is 10.3. The average Bonchev–Trinajstić information content (AvgIpc) is 3.04. The van der Waals surface area contributed by atoms with E-state index in [4.69, 9.17) is 9.47 Å². The predicted octanol–water partition coefficient (Wildman–Crippen LogP) is 2.77. The molecule has 25 heavy (non-hydrogen) atoms. The summed E-state index contributed by atoms with van der Waals surface area (Å²) in [5.41, 5.74) is 1.06. The number of benzene rings is 1. The first-order chi connectivity index (χ1) is 12.2. The van der Waals surface area contributed by atoms with E-state index in [1.807, 2.05) is 24.4 Å². The number of ether oxygens (including phenoxy) is 2. The fourth-order valence-corrected chi connectivity index (χ4v) is 3.08. The molecule has 1 aromatic carbocycles. The minimum Gasteiger partial charge on any atom is -0.493 e. The molecular weight excluding hydrogens is 336 g/mol. The first-order valence-electron chi connectivity index (χ1n) is 8.30. The van der Waals surface area contributed by atoms with E-state index in [2.05, 4.69) is 34.5 Å². The molecule has 0 radical (unpaired) electrons. The molecule has 0 unspecified atom stereocenters. The molecule has 0 amide bonds. The minimum atomic E-state index is 0.562. The van der Waals surface area contributed by atoms with Gasteiger partial charge in [0.05, 0.1) is 25.8 Å². The number of hydrogen-bond acceptors (Lipinski definition) is 5. The lowest BCUT2D eigenvalue weighted by Crippen LogP contribution is -2.38. The van der Waals surface area contributed by atoms with Crippen LogP contribution in [-0.4, -0.2) is 38.3 Å². The van der Waals surface area contributed by atoms with Crippen LogP contribution in [0.15, 0.2) is 29.4 Å². The monoisotopic (exact) mass is 362 g/mol. The number of nitrogens with zero attached hydrogens (tertiary/aromatic N) is 2. The molecule has 0 spiro atoms. The minimum absolute atomic E-state index is 0.562. The van der Waals surface area contributed by atoms with Crippen molar-refractivity contribution in [3.8, 4) is 11.5 Å². The van der Waals surface area contributed by atoms with Gasteiger partial charge in [-0.05, 0) is 31.5 Å². The Balaban J connectivity index is 1.94. The highest BCUT2D eigenvalue weighted by Crippen LogP contribution is 2.27. The van der Waals surface area contributed by atoms with Crippen molar-refractivity contribution in [2.24, 2.45) is 4.99 Å². The van der Waals surface area contributed by atoms with E-state index in [1.54, 1.807) is 25.6 Å². The van der Waals surface area contributed by atoms with Crippen LogP contribution in [0.4, 0.5) is 0 Å². The van der Waals surface area contributed by atoms with Gasteiger partial charge in [0.1, 0.15) is 0 Å². The normalized spacial score (nSPS) is 11.3. The zero-order chi connectivity index (χ0) is 18.1. The number of aryl methyl sites for hydroxylation is 1. The van der Waals surface area contributed by atoms with Crippen molar-refractivity contribution in [3.63, 3.8) is 0 Å². The molecule has 2 aromatic rings. The standard InChI is InChI=1S/C18H26N4O2S/c1-5-19-18(20-9-8-17-21-11-13(2)25-17)22-12-14-6-7-15(23-3)16(10-14)24-4/h6-7,10-11H,5,8-9,12H2,1-4H3,(H2,19,20,22). The number of methoxy groups -OCH3 is 2. The van der Waals surface area contributed by atoms with Gasteiger partial charge in [0, 0.05) is 30.6 Å². The molecule has 0 aliphatic carbocycles. The molecule has 0 saturated heterocycles. The molecule has 0 bridgehead atoms. The fraction of sp³-hybridized carbons (Fsp3) is 0.444. The Labute approximate surface area is 153 Å². The third-order valence-corrected chi connectivity index (χ3v) is 4.48. The Morgan fingerprint density at radius 2 is 2.00 bits per heavy atom. The molecule has 2 rings (SSSR count). The largest absolute Gasteiger partial charge is 0.493 e. The van der Waals surface area contributed by atoms with Crippen LogP contribution < -0.4 is 20.1 Å². The average molecular weight is 362 g/mol. The Kier molecular flexibility index (Phi) is 7.53. The molecule has 0 saturated carbocycles. The van der Waals surface area contributed by atoms with Gasteiger partial charge >= 0.3 is 0 Å². The maximum absolute atomic E-state index is 5.34. The topological polar surface area (TPSA) is 67.8 Å². The lowest BCUT2D eigenvalue weighted by Gasteiger charge is -2.11. The lowest BCUT2D eigenvalue weighted by molar-refractivity contribution is 0.354. The van der Waals surface area contributed by atoms with Crippen LogP contribution in [-0.2, 0) is 13.0 Å². The van der Waals surface area contributed by atoms with E-state index >= 15 is 0 Å². The number of aromatic nitrogens is 1. The van der Waals surface area contributed by atoms with Gasteiger partial charge in [-0.3, -0.25) is 0 Å². The zero-order valence-corrected chi connectivity index (χ0v) is 16.1. The molecule has 136 valence electrons. The number of nitrogens with one attached hydrogen (secondary N) is 2. The summed E-state index contributed by atoms with van der Waals surface area (Å²) in [5, 5.41) is 7.75. The van der Waals surface area contributed by atoms with Gasteiger partial charge in [-0.25, -0.2) is 9.98 Å². The van der Waals surface area contributed by atoms with Crippen LogP contribution in [0.1, 0.15) is 22.4 Å². The summed E-state index contributed by atoms with van der Waals surface area (Å²) in [6.07, 6.45) is 2.80. The Morgan fingerprint density at radius 3 is 2.64 bits per heavy atom. The van der Waals surface area contributed by atoms with Gasteiger partial charge in [-0.2, -0.15) is 0 Å². The van der Waals surface area contributed by atoms with E-state index in [0.717, 1.165) is 41.8 Å². The second-order valence-corrected chi connectivity index (χ2v) is 6.75. The number of rotatable bonds is 8. The Hall–Kier alpha value is -2.28. The van der Waals surface area contributed by atoms with E-state index in [0.29, 0.717) is 12.3 Å². The summed E-state index contributed by atoms with van der Waals surface area (Å²) in [6.45, 7) is 6.30. The summed E-state index contributed by atoms with van der Waals surface area (Å²) >= 11 is 1.73. The van der Waals surface area contributed by atoms with Crippen LogP contribution in [0.3, 0.4) is 0 Å². The SMILES string of the molecule is CCNC(=NCc1ccc(OC)c(OC)c1)NCCc1ncc(C)s1. The third-order valence-electron chi connectivity index (χ3n) is 3.51. The second-order valence-electron chi connectivity index (χ2n) is 5.43. The third kappa shape index (κ3) is 5.94. The Bertz CT molecular complexity index is 700. The maximum Gasteiger partial charge on any atom is 0.191 e. The highest BCUT2D eigenvalue weighted by atomic mass is 32.1. The van der Waals surface area contributed by atoms with E-state index in [-0.39, 0.29) is 0 Å². The highest BCUT2D eigenvalue weighted by molar-refractivity contribution is 7.11. The maximum atomic E-state index is 5.34. The van der Waals surface area contributed by atoms with Crippen LogP contribution in [0.5, 0.6) is 11.5 Å². The first kappa shape index (κ1) is 19.1. The molecule has 7 heteroatoms. The van der Waals surface area contributed by atoms with Gasteiger partial charge in [0.2, 0.25) is 0 Å². The summed E-state index contributed by atoms with van der Waals surface area (Å²) in [5.74, 6) is 2.23. The number of hydrogen-bond donors (Lipinski definition) is 2. The first-order valence-corrected chi connectivity index (χ1v) is 9.12. The van der Waals surface area contributed by atoms with Gasteiger partial charge < -0.3 is 20.1 Å². The lowest BCUT2D eigenvalue weighted by atomic mass is 10.2. The van der Waals surface area contributed by atoms with Crippen molar-refractivity contribution in [1.82, 2.24) is 15.6 Å². The van der Waals surface area contributed by atoms with Crippen LogP contribution in [0.2, 0.25) is 0 Å². The quantitative estimate of drug-likeness (QED) is 0.558. The molecule has 1 heterocycles. The molecule has 6 nitrogen and oxygen atoms in total. The van der Waals surface area contributed by atoms with Crippen LogP contribution in [0, 0.1) is 6.92 Å². The molecule has 2 N–H and O–H groups in total. The van der Waals surface area contributed by atoms with E-state index in [9.17, 15) is 0 Å². The van der Waals surface area contributed by atoms with Crippen molar-refractivity contribution in [1.29, 1.82) is 0 Å². The predicted molar refractivity (Wildman–Crippen MR) is 103 cm³/mol. The van der Waals surface area contributed by atoms with E-state index < -0.39 is 0 Å². The molecule has 0 aliphatic rings.